The van der Waals surface area contributed by atoms with Crippen LogP contribution in [0.1, 0.15) is 67.4 Å². The molecule has 1 N–H and O–H groups in total. The lowest BCUT2D eigenvalue weighted by atomic mass is 9.70. The third-order valence-electron chi connectivity index (χ3n) is 8.11. The van der Waals surface area contributed by atoms with E-state index in [4.69, 9.17) is 18.7 Å². The number of carbonyl (C=O) groups is 2. The number of nitrogens with zero attached hydrogens (tertiary/aromatic N) is 2. The Bertz CT molecular complexity index is 1150. The summed E-state index contributed by atoms with van der Waals surface area (Å²) >= 11 is 0. The van der Waals surface area contributed by atoms with E-state index in [2.05, 4.69) is 36.5 Å². The van der Waals surface area contributed by atoms with Crippen molar-refractivity contribution in [1.82, 2.24) is 10.6 Å². The van der Waals surface area contributed by atoms with E-state index in [1.807, 2.05) is 13.8 Å². The van der Waals surface area contributed by atoms with Crippen molar-refractivity contribution in [2.24, 2.45) is 21.8 Å². The summed E-state index contributed by atoms with van der Waals surface area (Å²) in [7, 11) is 1.48. The molecular weight excluding hydrogens is 450 g/mol. The van der Waals surface area contributed by atoms with E-state index in [9.17, 15) is 9.59 Å². The first kappa shape index (κ1) is 24.8. The van der Waals surface area contributed by atoms with Crippen molar-refractivity contribution in [1.29, 1.82) is 0 Å². The molecule has 2 atom stereocenters. The molecule has 1 aromatic carbocycles. The van der Waals surface area contributed by atoms with Gasteiger partial charge in [-0.25, -0.2) is 10.2 Å². The summed E-state index contributed by atoms with van der Waals surface area (Å²) in [6.07, 6.45) is 3.17. The average Bonchev–Trinajstić information content (AvgIpc) is 3.35. The molecule has 4 rings (SSSR count). The molecule has 0 aliphatic heterocycles. The van der Waals surface area contributed by atoms with Gasteiger partial charge in [0.1, 0.15) is 12.4 Å². The predicted octanol–water partition coefficient (Wildman–Crippen LogP) is 4.35. The second-order valence-corrected chi connectivity index (χ2v) is 10.1. The third-order valence-corrected chi connectivity index (χ3v) is 8.11. The maximum absolute atomic E-state index is 12.5. The molecule has 1 aromatic heterocycles. The lowest BCUT2D eigenvalue weighted by Gasteiger charge is -2.34. The first-order valence-electron chi connectivity index (χ1n) is 11.8. The number of esters is 1. The van der Waals surface area contributed by atoms with E-state index in [-0.39, 0.29) is 23.0 Å². The minimum absolute atomic E-state index is 0.00644. The molecule has 0 saturated heterocycles. The number of aromatic nitrogens is 1. The van der Waals surface area contributed by atoms with Gasteiger partial charge in [0.2, 0.25) is 0 Å². The van der Waals surface area contributed by atoms with Gasteiger partial charge in [0.25, 0.3) is 5.91 Å². The zero-order chi connectivity index (χ0) is 25.4. The summed E-state index contributed by atoms with van der Waals surface area (Å²) < 4.78 is 21.5. The van der Waals surface area contributed by atoms with E-state index in [1.165, 1.54) is 19.6 Å². The van der Waals surface area contributed by atoms with E-state index >= 15 is 0 Å². The molecule has 2 aromatic rings. The van der Waals surface area contributed by atoms with E-state index in [0.29, 0.717) is 23.2 Å². The fraction of sp³-hybridized carbons (Fsp3) is 0.538. The summed E-state index contributed by atoms with van der Waals surface area (Å²) in [5.74, 6) is 0.988. The molecule has 0 spiro atoms. The molecule has 35 heavy (non-hydrogen) atoms. The molecule has 2 aliphatic rings. The fourth-order valence-electron chi connectivity index (χ4n) is 5.25. The minimum atomic E-state index is -0.642. The quantitative estimate of drug-likeness (QED) is 0.439. The maximum Gasteiger partial charge on any atom is 0.338 e. The molecule has 2 saturated carbocycles. The molecule has 1 amide bonds. The Balaban J connectivity index is 1.32. The number of methoxy groups -OCH3 is 1. The number of hydrazone groups is 1. The van der Waals surface area contributed by atoms with Crippen LogP contribution in [0.15, 0.2) is 27.8 Å². The van der Waals surface area contributed by atoms with Gasteiger partial charge in [-0.15, -0.1) is 0 Å². The SMILES string of the molecule is COc1cc(C(=O)OCC(=O)N/N=C2\CC3CCC2(C)C3(C)C)ccc1OCc1c(C)noc1C. The highest BCUT2D eigenvalue weighted by atomic mass is 16.5. The van der Waals surface area contributed by atoms with Gasteiger partial charge >= 0.3 is 5.97 Å². The Morgan fingerprint density at radius 1 is 1.23 bits per heavy atom. The largest absolute Gasteiger partial charge is 0.493 e. The van der Waals surface area contributed by atoms with E-state index in [0.717, 1.165) is 29.8 Å². The first-order valence-corrected chi connectivity index (χ1v) is 11.8. The molecule has 9 heteroatoms. The first-order chi connectivity index (χ1) is 16.6. The topological polar surface area (TPSA) is 112 Å². The van der Waals surface area contributed by atoms with Gasteiger partial charge in [-0.05, 0) is 62.6 Å². The van der Waals surface area contributed by atoms with Crippen LogP contribution in [0.5, 0.6) is 11.5 Å². The van der Waals surface area contributed by atoms with Gasteiger partial charge in [0.15, 0.2) is 18.1 Å². The monoisotopic (exact) mass is 483 g/mol. The van der Waals surface area contributed by atoms with Crippen molar-refractivity contribution in [3.63, 3.8) is 0 Å². The molecule has 0 radical (unpaired) electrons. The van der Waals surface area contributed by atoms with Crippen LogP contribution < -0.4 is 14.9 Å². The Morgan fingerprint density at radius 3 is 2.60 bits per heavy atom. The highest BCUT2D eigenvalue weighted by Gasteiger charge is 2.60. The number of rotatable bonds is 8. The Kier molecular flexibility index (Phi) is 6.62. The van der Waals surface area contributed by atoms with Crippen LogP contribution in [0, 0.1) is 30.6 Å². The number of amides is 1. The van der Waals surface area contributed by atoms with E-state index in [1.54, 1.807) is 12.1 Å². The van der Waals surface area contributed by atoms with E-state index < -0.39 is 18.5 Å². The highest BCUT2D eigenvalue weighted by Crippen LogP contribution is 2.63. The number of hydrogen-bond donors (Lipinski definition) is 1. The zero-order valence-electron chi connectivity index (χ0n) is 21.2. The summed E-state index contributed by atoms with van der Waals surface area (Å²) in [5.41, 5.74) is 5.60. The minimum Gasteiger partial charge on any atom is -0.493 e. The number of ether oxygens (including phenoxy) is 3. The lowest BCUT2D eigenvalue weighted by Crippen LogP contribution is -2.34. The van der Waals surface area contributed by atoms with Gasteiger partial charge in [0.05, 0.1) is 23.9 Å². The fourth-order valence-corrected chi connectivity index (χ4v) is 5.25. The lowest BCUT2D eigenvalue weighted by molar-refractivity contribution is -0.124. The second kappa shape index (κ2) is 9.36. The molecule has 2 unspecified atom stereocenters. The zero-order valence-corrected chi connectivity index (χ0v) is 21.2. The van der Waals surface area contributed by atoms with Gasteiger partial charge in [-0.2, -0.15) is 5.10 Å². The van der Waals surface area contributed by atoms with Crippen LogP contribution in [-0.2, 0) is 16.1 Å². The number of fused-ring (bicyclic) bond motifs is 2. The molecule has 2 fully saturated rings. The van der Waals surface area contributed by atoms with Crippen molar-refractivity contribution < 1.29 is 28.3 Å². The van der Waals surface area contributed by atoms with Gasteiger partial charge in [-0.1, -0.05) is 25.9 Å². The third kappa shape index (κ3) is 4.51. The molecule has 2 bridgehead atoms. The summed E-state index contributed by atoms with van der Waals surface area (Å²) in [4.78, 5) is 24.8. The van der Waals surface area contributed by atoms with Crippen molar-refractivity contribution >= 4 is 17.6 Å². The molecule has 9 nitrogen and oxygen atoms in total. The summed E-state index contributed by atoms with van der Waals surface area (Å²) in [6.45, 7) is 10.3. The summed E-state index contributed by atoms with van der Waals surface area (Å²) in [6, 6.07) is 4.70. The van der Waals surface area contributed by atoms with Crippen LogP contribution >= 0.6 is 0 Å². The second-order valence-electron chi connectivity index (χ2n) is 10.1. The van der Waals surface area contributed by atoms with Crippen molar-refractivity contribution in [3.8, 4) is 11.5 Å². The van der Waals surface area contributed by atoms with Crippen molar-refractivity contribution in [2.75, 3.05) is 13.7 Å². The maximum atomic E-state index is 12.5. The van der Waals surface area contributed by atoms with Crippen LogP contribution in [-0.4, -0.2) is 36.5 Å². The number of aryl methyl sites for hydroxylation is 2. The molecule has 1 heterocycles. The van der Waals surface area contributed by atoms with Gasteiger partial charge in [-0.3, -0.25) is 4.79 Å². The van der Waals surface area contributed by atoms with Crippen LogP contribution in [0.4, 0.5) is 0 Å². The standard InChI is InChI=1S/C26H33N3O6/c1-15-19(16(2)35-29-15)13-33-20-8-7-17(11-21(20)32-6)24(31)34-14-23(30)28-27-22-12-18-9-10-26(22,5)25(18,3)4/h7-8,11,18H,9-10,12-14H2,1-6H3,(H,28,30)/b27-22+. The van der Waals surface area contributed by atoms with Crippen molar-refractivity contribution in [2.45, 2.75) is 60.5 Å². The number of hydrogen-bond acceptors (Lipinski definition) is 8. The van der Waals surface area contributed by atoms with Crippen LogP contribution in [0.2, 0.25) is 0 Å². The number of benzene rings is 1. The number of nitrogens with one attached hydrogen (secondary N) is 1. The predicted molar refractivity (Wildman–Crippen MR) is 128 cm³/mol. The van der Waals surface area contributed by atoms with Gasteiger partial charge in [0, 0.05) is 11.1 Å². The highest BCUT2D eigenvalue weighted by molar-refractivity contribution is 5.95. The average molecular weight is 484 g/mol. The Hall–Kier alpha value is -3.36. The van der Waals surface area contributed by atoms with Crippen LogP contribution in [0.25, 0.3) is 0 Å². The Morgan fingerprint density at radius 2 is 2.00 bits per heavy atom. The smallest absolute Gasteiger partial charge is 0.338 e. The molecular formula is C26H33N3O6. The van der Waals surface area contributed by atoms with Gasteiger partial charge < -0.3 is 18.7 Å². The Labute approximate surface area is 205 Å². The van der Waals surface area contributed by atoms with Crippen molar-refractivity contribution in [3.05, 3.63) is 40.8 Å². The molecule has 2 aliphatic carbocycles. The van der Waals surface area contributed by atoms with Crippen LogP contribution in [0.3, 0.4) is 0 Å². The number of carbonyl (C=O) groups excluding carboxylic acids is 2. The molecule has 188 valence electrons. The normalized spacial score (nSPS) is 23.4. The summed E-state index contributed by atoms with van der Waals surface area (Å²) in [5, 5.41) is 8.30.